The van der Waals surface area contributed by atoms with E-state index in [2.05, 4.69) is 35.9 Å². The van der Waals surface area contributed by atoms with Gasteiger partial charge in [0.1, 0.15) is 15.8 Å². The summed E-state index contributed by atoms with van der Waals surface area (Å²) in [5.74, 6) is 1.51. The highest BCUT2D eigenvalue weighted by molar-refractivity contribution is 7.11. The predicted octanol–water partition coefficient (Wildman–Crippen LogP) is 2.27. The minimum absolute atomic E-state index is 0.431. The minimum Gasteiger partial charge on any atom is -0.296 e. The first-order valence-electron chi connectivity index (χ1n) is 7.60. The van der Waals surface area contributed by atoms with Gasteiger partial charge in [0.25, 0.3) is 0 Å². The van der Waals surface area contributed by atoms with Crippen molar-refractivity contribution in [3.05, 3.63) is 40.2 Å². The maximum Gasteiger partial charge on any atom is 0.160 e. The zero-order valence-electron chi connectivity index (χ0n) is 12.5. The molecule has 6 nitrogen and oxygen atoms in total. The number of piperidine rings is 1. The Labute approximate surface area is 132 Å². The lowest BCUT2D eigenvalue weighted by molar-refractivity contribution is 0.195. The molecule has 22 heavy (non-hydrogen) atoms. The van der Waals surface area contributed by atoms with Crippen LogP contribution in [0.25, 0.3) is 5.65 Å². The molecule has 7 heteroatoms. The summed E-state index contributed by atoms with van der Waals surface area (Å²) in [4.78, 5) is 2.46. The third-order valence-corrected chi connectivity index (χ3v) is 4.96. The molecular weight excluding hydrogens is 296 g/mol. The van der Waals surface area contributed by atoms with Crippen molar-refractivity contribution in [2.75, 3.05) is 13.1 Å². The lowest BCUT2D eigenvalue weighted by atomic mass is 9.97. The van der Waals surface area contributed by atoms with Crippen molar-refractivity contribution in [1.29, 1.82) is 0 Å². The van der Waals surface area contributed by atoms with Gasteiger partial charge in [-0.25, -0.2) is 0 Å². The second-order valence-electron chi connectivity index (χ2n) is 5.78. The number of hydrogen-bond donors (Lipinski definition) is 0. The second kappa shape index (κ2) is 5.73. The Balaban J connectivity index is 1.53. The molecule has 4 rings (SSSR count). The van der Waals surface area contributed by atoms with Gasteiger partial charge >= 0.3 is 0 Å². The van der Waals surface area contributed by atoms with Gasteiger partial charge in [-0.3, -0.25) is 9.30 Å². The van der Waals surface area contributed by atoms with E-state index in [0.29, 0.717) is 5.92 Å². The molecule has 0 spiro atoms. The van der Waals surface area contributed by atoms with Gasteiger partial charge in [-0.15, -0.1) is 31.7 Å². The quantitative estimate of drug-likeness (QED) is 0.742. The van der Waals surface area contributed by atoms with Crippen molar-refractivity contribution in [3.63, 3.8) is 0 Å². The molecule has 0 N–H and O–H groups in total. The summed E-state index contributed by atoms with van der Waals surface area (Å²) in [5, 5.41) is 19.2. The van der Waals surface area contributed by atoms with E-state index in [-0.39, 0.29) is 0 Å². The van der Waals surface area contributed by atoms with Crippen molar-refractivity contribution >= 4 is 17.0 Å². The van der Waals surface area contributed by atoms with Gasteiger partial charge in [-0.1, -0.05) is 6.07 Å². The van der Waals surface area contributed by atoms with E-state index >= 15 is 0 Å². The average molecular weight is 314 g/mol. The Bertz CT molecular complexity index is 779. The summed E-state index contributed by atoms with van der Waals surface area (Å²) in [6, 6.07) is 6.03. The first-order chi connectivity index (χ1) is 10.8. The smallest absolute Gasteiger partial charge is 0.160 e. The molecule has 0 aliphatic carbocycles. The van der Waals surface area contributed by atoms with Crippen LogP contribution in [0.5, 0.6) is 0 Å². The van der Waals surface area contributed by atoms with E-state index in [1.165, 1.54) is 12.8 Å². The number of rotatable bonds is 3. The summed E-state index contributed by atoms with van der Waals surface area (Å²) < 4.78 is 2.11. The summed E-state index contributed by atoms with van der Waals surface area (Å²) in [5.41, 5.74) is 0.925. The zero-order valence-corrected chi connectivity index (χ0v) is 13.3. The summed E-state index contributed by atoms with van der Waals surface area (Å²) in [7, 11) is 0. The fourth-order valence-corrected chi connectivity index (χ4v) is 3.89. The van der Waals surface area contributed by atoms with Gasteiger partial charge in [0.2, 0.25) is 0 Å². The Morgan fingerprint density at radius 1 is 1.23 bits per heavy atom. The van der Waals surface area contributed by atoms with Crippen LogP contribution in [0, 0.1) is 6.92 Å². The Hall–Kier alpha value is -1.86. The van der Waals surface area contributed by atoms with E-state index in [0.717, 1.165) is 41.1 Å². The van der Waals surface area contributed by atoms with Gasteiger partial charge in [-0.2, -0.15) is 0 Å². The first kappa shape index (κ1) is 13.8. The number of aryl methyl sites for hydroxylation is 1. The number of fused-ring (bicyclic) bond motifs is 1. The summed E-state index contributed by atoms with van der Waals surface area (Å²) in [6.07, 6.45) is 4.41. The highest BCUT2D eigenvalue weighted by atomic mass is 32.1. The highest BCUT2D eigenvalue weighted by Gasteiger charge is 2.25. The molecule has 3 aromatic rings. The first-order valence-corrected chi connectivity index (χ1v) is 8.42. The maximum absolute atomic E-state index is 4.43. The van der Waals surface area contributed by atoms with Gasteiger partial charge in [0.15, 0.2) is 5.65 Å². The third-order valence-electron chi connectivity index (χ3n) is 4.14. The Kier molecular flexibility index (Phi) is 3.59. The maximum atomic E-state index is 4.43. The third kappa shape index (κ3) is 2.62. The normalized spacial score (nSPS) is 19.8. The molecule has 114 valence electrons. The van der Waals surface area contributed by atoms with Gasteiger partial charge in [0.05, 0.1) is 6.54 Å². The summed E-state index contributed by atoms with van der Waals surface area (Å²) in [6.45, 7) is 5.02. The lowest BCUT2D eigenvalue weighted by Crippen LogP contribution is -2.34. The number of aromatic nitrogens is 5. The molecule has 3 aromatic heterocycles. The largest absolute Gasteiger partial charge is 0.296 e. The van der Waals surface area contributed by atoms with Gasteiger partial charge < -0.3 is 0 Å². The van der Waals surface area contributed by atoms with Crippen molar-refractivity contribution in [2.45, 2.75) is 32.2 Å². The van der Waals surface area contributed by atoms with Crippen LogP contribution in [0.4, 0.5) is 0 Å². The lowest BCUT2D eigenvalue weighted by Gasteiger charge is -2.31. The average Bonchev–Trinajstić information content (AvgIpc) is 3.14. The molecule has 0 unspecified atom stereocenters. The molecular formula is C15H18N6S. The standard InChI is InChI=1S/C15H18N6S/c1-11-16-18-14(22-11)10-20-7-4-5-12(9-20)15-19-17-13-6-2-3-8-21(13)15/h2-3,6,8,12H,4-5,7,9-10H2,1H3/t12-/m0/s1. The molecule has 1 saturated heterocycles. The van der Waals surface area contributed by atoms with E-state index in [9.17, 15) is 0 Å². The van der Waals surface area contributed by atoms with Crippen LogP contribution in [0.3, 0.4) is 0 Å². The van der Waals surface area contributed by atoms with Crippen LogP contribution in [0.1, 0.15) is 34.6 Å². The Morgan fingerprint density at radius 3 is 3.05 bits per heavy atom. The highest BCUT2D eigenvalue weighted by Crippen LogP contribution is 2.27. The molecule has 0 bridgehead atoms. The molecule has 4 heterocycles. The van der Waals surface area contributed by atoms with Crippen LogP contribution >= 0.6 is 11.3 Å². The topological polar surface area (TPSA) is 59.2 Å². The van der Waals surface area contributed by atoms with Crippen LogP contribution < -0.4 is 0 Å². The SMILES string of the molecule is Cc1nnc(CN2CCC[C@H](c3nnc4ccccn34)C2)s1. The molecule has 1 aliphatic rings. The van der Waals surface area contributed by atoms with E-state index < -0.39 is 0 Å². The van der Waals surface area contributed by atoms with Crippen molar-refractivity contribution in [2.24, 2.45) is 0 Å². The zero-order chi connectivity index (χ0) is 14.9. The number of hydrogen-bond acceptors (Lipinski definition) is 6. The predicted molar refractivity (Wildman–Crippen MR) is 84.9 cm³/mol. The van der Waals surface area contributed by atoms with Crippen LogP contribution in [0.15, 0.2) is 24.4 Å². The van der Waals surface area contributed by atoms with E-state index in [1.54, 1.807) is 11.3 Å². The molecule has 0 radical (unpaired) electrons. The van der Waals surface area contributed by atoms with Gasteiger partial charge in [0, 0.05) is 18.7 Å². The fourth-order valence-electron chi connectivity index (χ4n) is 3.14. The van der Waals surface area contributed by atoms with Crippen molar-refractivity contribution in [3.8, 4) is 0 Å². The molecule has 0 amide bonds. The minimum atomic E-state index is 0.431. The molecule has 1 atom stereocenters. The number of nitrogens with zero attached hydrogens (tertiary/aromatic N) is 6. The monoisotopic (exact) mass is 314 g/mol. The molecule has 0 aromatic carbocycles. The van der Waals surface area contributed by atoms with Crippen LogP contribution in [-0.2, 0) is 6.54 Å². The number of pyridine rings is 1. The van der Waals surface area contributed by atoms with Crippen LogP contribution in [-0.4, -0.2) is 42.8 Å². The van der Waals surface area contributed by atoms with E-state index in [1.807, 2.05) is 25.1 Å². The summed E-state index contributed by atoms with van der Waals surface area (Å²) >= 11 is 1.69. The van der Waals surface area contributed by atoms with Crippen molar-refractivity contribution in [1.82, 2.24) is 29.7 Å². The molecule has 1 fully saturated rings. The Morgan fingerprint density at radius 2 is 2.18 bits per heavy atom. The van der Waals surface area contributed by atoms with Gasteiger partial charge in [-0.05, 0) is 38.4 Å². The molecule has 1 aliphatic heterocycles. The molecule has 0 saturated carbocycles. The number of likely N-dealkylation sites (tertiary alicyclic amines) is 1. The fraction of sp³-hybridized carbons (Fsp3) is 0.467. The van der Waals surface area contributed by atoms with Crippen molar-refractivity contribution < 1.29 is 0 Å². The van der Waals surface area contributed by atoms with Crippen LogP contribution in [0.2, 0.25) is 0 Å². The second-order valence-corrected chi connectivity index (χ2v) is 7.04. The van der Waals surface area contributed by atoms with E-state index in [4.69, 9.17) is 0 Å².